The first-order chi connectivity index (χ1) is 31.4. The molecule has 26 atom stereocenters. The highest BCUT2D eigenvalue weighted by Gasteiger charge is 2.71. The largest absolute Gasteiger partial charge is 0.388 e. The van der Waals surface area contributed by atoms with Crippen LogP contribution in [-0.4, -0.2) is 173 Å². The average Bonchev–Trinajstić information content (AvgIpc) is 3.77. The molecular weight excluding hydrogens is 861 g/mol. The average molecular weight is 941 g/mol. The van der Waals surface area contributed by atoms with Crippen LogP contribution in [-0.2, 0) is 71.1 Å². The van der Waals surface area contributed by atoms with Crippen LogP contribution in [0.1, 0.15) is 119 Å². The highest BCUT2D eigenvalue weighted by molar-refractivity contribution is 5.91. The van der Waals surface area contributed by atoms with Gasteiger partial charge in [-0.2, -0.15) is 0 Å². The Morgan fingerprint density at radius 1 is 0.545 bits per heavy atom. The lowest BCUT2D eigenvalue weighted by atomic mass is 9.52. The molecule has 3 unspecified atom stereocenters. The zero-order valence-electron chi connectivity index (χ0n) is 41.1. The van der Waals surface area contributed by atoms with Gasteiger partial charge in [0.1, 0.15) is 30.5 Å². The van der Waals surface area contributed by atoms with Gasteiger partial charge in [-0.3, -0.25) is 4.79 Å². The lowest BCUT2D eigenvalue weighted by molar-refractivity contribution is -0.347. The molecule has 17 nitrogen and oxygen atoms in total. The van der Waals surface area contributed by atoms with E-state index in [1.807, 2.05) is 27.7 Å². The Morgan fingerprint density at radius 3 is 1.55 bits per heavy atom. The minimum Gasteiger partial charge on any atom is -0.388 e. The van der Waals surface area contributed by atoms with E-state index in [-0.39, 0.29) is 71.9 Å². The Kier molecular flexibility index (Phi) is 14.8. The molecule has 3 saturated carbocycles. The first kappa shape index (κ1) is 50.0. The highest BCUT2D eigenvalue weighted by atomic mass is 16.8. The van der Waals surface area contributed by atoms with E-state index in [0.717, 1.165) is 38.5 Å². The third-order valence-electron chi connectivity index (χ3n) is 18.1. The van der Waals surface area contributed by atoms with Gasteiger partial charge in [-0.05, 0) is 91.4 Å². The van der Waals surface area contributed by atoms with Crippen LogP contribution in [0.25, 0.3) is 0 Å². The molecule has 0 radical (unpaired) electrons. The van der Waals surface area contributed by atoms with Crippen molar-refractivity contribution in [3.63, 3.8) is 0 Å². The Hall–Kier alpha value is -0.970. The zero-order chi connectivity index (χ0) is 47.0. The van der Waals surface area contributed by atoms with Gasteiger partial charge >= 0.3 is 0 Å². The van der Waals surface area contributed by atoms with Crippen LogP contribution in [0.3, 0.4) is 0 Å². The lowest BCUT2D eigenvalue weighted by Gasteiger charge is -2.57. The fourth-order valence-corrected chi connectivity index (χ4v) is 14.3. The van der Waals surface area contributed by atoms with Crippen molar-refractivity contribution >= 4 is 5.78 Å². The van der Waals surface area contributed by atoms with E-state index >= 15 is 0 Å². The van der Waals surface area contributed by atoms with Crippen molar-refractivity contribution in [3.8, 4) is 0 Å². The number of carbonyl (C=O) groups is 1. The normalized spacial score (nSPS) is 55.2. The molecule has 6 saturated heterocycles. The summed E-state index contributed by atoms with van der Waals surface area (Å²) in [6.45, 7) is 14.2. The summed E-state index contributed by atoms with van der Waals surface area (Å²) < 4.78 is 89.3. The van der Waals surface area contributed by atoms with Crippen LogP contribution in [0.5, 0.6) is 0 Å². The standard InChI is InChI=1S/C49H80O17/c1-23-30-17-31(50)46(52)48(30,7)37-22-36-47(6)14-13-29(16-28(47)12-15-49(36,65-23)66-37)61-38-19-33(54-9)43(25(3)58-38)63-40-21-35(56-11)45(27(5)60-40)64-41-20-34(55-10)44(26(4)59-41)62-39-18-32(53-8)42(51)24(2)57-39/h23-45,50-51H,12-22H2,1-11H3/t23?,24-,25-,26-,27-,28?,29+,30-,31-,32-,33-,34-,35+,36-,37?,38+,39+,40+,41+,42-,43-,44-,45-,47+,48+,49+/m1/s1. The first-order valence-corrected chi connectivity index (χ1v) is 25.1. The second-order valence-corrected chi connectivity index (χ2v) is 21.7. The highest BCUT2D eigenvalue weighted by Crippen LogP contribution is 2.67. The van der Waals surface area contributed by atoms with E-state index in [2.05, 4.69) is 13.8 Å². The molecule has 2 N–H and O–H groups in total. The predicted molar refractivity (Wildman–Crippen MR) is 233 cm³/mol. The molecule has 1 spiro atoms. The summed E-state index contributed by atoms with van der Waals surface area (Å²) in [6, 6.07) is 0. The Balaban J connectivity index is 0.765. The number of ketones is 1. The molecule has 9 fully saturated rings. The van der Waals surface area contributed by atoms with Gasteiger partial charge in [0.2, 0.25) is 0 Å². The Morgan fingerprint density at radius 2 is 1.03 bits per heavy atom. The van der Waals surface area contributed by atoms with Crippen molar-refractivity contribution in [2.24, 2.45) is 28.6 Å². The number of hydrogen-bond donors (Lipinski definition) is 2. The van der Waals surface area contributed by atoms with Crippen molar-refractivity contribution in [2.45, 2.75) is 248 Å². The number of fused-ring (bicyclic) bond motifs is 5. The van der Waals surface area contributed by atoms with E-state index in [9.17, 15) is 15.0 Å². The van der Waals surface area contributed by atoms with Gasteiger partial charge in [0.05, 0.1) is 72.6 Å². The maximum Gasteiger partial charge on any atom is 0.172 e. The van der Waals surface area contributed by atoms with Crippen LogP contribution in [0.4, 0.5) is 0 Å². The summed E-state index contributed by atoms with van der Waals surface area (Å²) in [5.41, 5.74) is -0.764. The van der Waals surface area contributed by atoms with E-state index < -0.39 is 85.2 Å². The summed E-state index contributed by atoms with van der Waals surface area (Å²) in [4.78, 5) is 13.5. The fraction of sp³-hybridized carbons (Fsp3) is 0.980. The molecule has 6 aliphatic heterocycles. The molecule has 378 valence electrons. The number of aliphatic hydroxyl groups excluding tert-OH is 2. The minimum atomic E-state index is -0.947. The minimum absolute atomic E-state index is 0.0248. The zero-order valence-corrected chi connectivity index (χ0v) is 41.1. The third-order valence-corrected chi connectivity index (χ3v) is 18.1. The van der Waals surface area contributed by atoms with Gasteiger partial charge in [0.15, 0.2) is 36.7 Å². The van der Waals surface area contributed by atoms with Crippen molar-refractivity contribution in [3.05, 3.63) is 0 Å². The maximum atomic E-state index is 13.5. The van der Waals surface area contributed by atoms with E-state index in [4.69, 9.17) is 66.3 Å². The summed E-state index contributed by atoms with van der Waals surface area (Å²) in [6.07, 6.45) is -1.02. The topological polar surface area (TPSA) is 187 Å². The van der Waals surface area contributed by atoms with E-state index in [1.54, 1.807) is 35.4 Å². The number of carbonyl (C=O) groups excluding carboxylic acids is 1. The smallest absolute Gasteiger partial charge is 0.172 e. The van der Waals surface area contributed by atoms with Gasteiger partial charge in [-0.1, -0.05) is 6.92 Å². The second kappa shape index (κ2) is 19.6. The molecule has 9 rings (SSSR count). The van der Waals surface area contributed by atoms with Gasteiger partial charge in [-0.15, -0.1) is 0 Å². The predicted octanol–water partition coefficient (Wildman–Crippen LogP) is 4.56. The van der Waals surface area contributed by atoms with Crippen LogP contribution in [0.15, 0.2) is 0 Å². The van der Waals surface area contributed by atoms with Crippen LogP contribution in [0, 0.1) is 28.6 Å². The summed E-state index contributed by atoms with van der Waals surface area (Å²) in [7, 11) is 6.60. The molecule has 0 aromatic heterocycles. The molecular formula is C49H80O17. The first-order valence-electron chi connectivity index (χ1n) is 25.1. The fourth-order valence-electron chi connectivity index (χ4n) is 14.3. The van der Waals surface area contributed by atoms with Gasteiger partial charge in [-0.25, -0.2) is 0 Å². The maximum absolute atomic E-state index is 13.5. The second-order valence-electron chi connectivity index (χ2n) is 21.7. The molecule has 2 bridgehead atoms. The van der Waals surface area contributed by atoms with Gasteiger partial charge in [0, 0.05) is 72.4 Å². The number of rotatable bonds is 12. The van der Waals surface area contributed by atoms with Gasteiger partial charge < -0.3 is 76.5 Å². The Labute approximate surface area is 391 Å². The Bertz CT molecular complexity index is 1670. The van der Waals surface area contributed by atoms with Crippen molar-refractivity contribution in [1.82, 2.24) is 0 Å². The molecule has 9 aliphatic rings. The number of ether oxygens (including phenoxy) is 14. The molecule has 6 heterocycles. The van der Waals surface area contributed by atoms with Gasteiger partial charge in [0.25, 0.3) is 0 Å². The number of methoxy groups -OCH3 is 4. The molecule has 0 aromatic carbocycles. The molecule has 3 aliphatic carbocycles. The summed E-state index contributed by atoms with van der Waals surface area (Å²) in [5.74, 6) is -0.238. The van der Waals surface area contributed by atoms with Crippen molar-refractivity contribution < 1.29 is 81.3 Å². The lowest BCUT2D eigenvalue weighted by Crippen LogP contribution is -2.58. The molecule has 0 aromatic rings. The third kappa shape index (κ3) is 8.90. The summed E-state index contributed by atoms with van der Waals surface area (Å²) >= 11 is 0. The van der Waals surface area contributed by atoms with Crippen molar-refractivity contribution in [1.29, 1.82) is 0 Å². The van der Waals surface area contributed by atoms with Crippen LogP contribution in [0.2, 0.25) is 0 Å². The molecule has 66 heavy (non-hydrogen) atoms. The van der Waals surface area contributed by atoms with E-state index in [0.29, 0.717) is 38.0 Å². The quantitative estimate of drug-likeness (QED) is 0.259. The van der Waals surface area contributed by atoms with Crippen LogP contribution >= 0.6 is 0 Å². The van der Waals surface area contributed by atoms with Crippen LogP contribution < -0.4 is 0 Å². The molecule has 0 amide bonds. The monoisotopic (exact) mass is 941 g/mol. The number of aliphatic hydroxyl groups is 2. The summed E-state index contributed by atoms with van der Waals surface area (Å²) in [5, 5.41) is 21.1. The number of hydrogen-bond acceptors (Lipinski definition) is 17. The molecule has 17 heteroatoms. The van der Waals surface area contributed by atoms with Crippen molar-refractivity contribution in [2.75, 3.05) is 28.4 Å². The number of Topliss-reactive ketones (excluding diaryl/α,β-unsaturated/α-hetero) is 1. The SMILES string of the molecule is CO[C@H]1C[C@H](O[C@@H]2[C@@H](C)O[C@@H](O[C@H]3CC[C@@]4(C)C(CC[C@@]56OC(C)[C@H]7C[C@@H](O)C(=O)[C@]7(C)C(C[C@@H]54)O6)C3)C[C@H]2OC)O[C@H](C)[C@H]1O[C@H]1C[C@@H](OC)[C@H](O[C@H]2C[C@@H](OC)[C@H](O)[C@@H](C)O2)[C@@H](C)O1. The van der Waals surface area contributed by atoms with E-state index in [1.165, 1.54) is 0 Å².